The van der Waals surface area contributed by atoms with Gasteiger partial charge in [-0.15, -0.1) is 0 Å². The van der Waals surface area contributed by atoms with Crippen LogP contribution < -0.4 is 4.90 Å². The van der Waals surface area contributed by atoms with Crippen LogP contribution >= 0.6 is 0 Å². The molecule has 0 spiro atoms. The number of fused-ring (bicyclic) bond motifs is 6. The molecule has 0 saturated carbocycles. The van der Waals surface area contributed by atoms with E-state index in [-0.39, 0.29) is 11.3 Å². The Morgan fingerprint density at radius 2 is 1.21 bits per heavy atom. The van der Waals surface area contributed by atoms with Crippen molar-refractivity contribution >= 4 is 33.3 Å². The third kappa shape index (κ3) is 4.32. The van der Waals surface area contributed by atoms with Crippen LogP contribution in [0.3, 0.4) is 0 Å². The van der Waals surface area contributed by atoms with Crippen molar-refractivity contribution in [2.75, 3.05) is 4.90 Å². The van der Waals surface area contributed by atoms with E-state index in [0.717, 1.165) is 44.4 Å². The molecule has 2 nitrogen and oxygen atoms in total. The zero-order chi connectivity index (χ0) is 31.5. The molecular formula is C45H35NO. The van der Waals surface area contributed by atoms with Gasteiger partial charge in [-0.3, -0.25) is 0 Å². The van der Waals surface area contributed by atoms with Gasteiger partial charge in [0, 0.05) is 33.6 Å². The lowest BCUT2D eigenvalue weighted by molar-refractivity contribution is 0.385. The minimum Gasteiger partial charge on any atom is -0.453 e. The smallest absolute Gasteiger partial charge is 0.159 e. The molecule has 0 bridgehead atoms. The molecule has 7 aromatic rings. The van der Waals surface area contributed by atoms with E-state index >= 15 is 0 Å². The van der Waals surface area contributed by atoms with Crippen molar-refractivity contribution in [2.45, 2.75) is 25.2 Å². The van der Waals surface area contributed by atoms with Crippen LogP contribution in [0.25, 0.3) is 44.2 Å². The first-order chi connectivity index (χ1) is 23.1. The monoisotopic (exact) mass is 605 g/mol. The van der Waals surface area contributed by atoms with E-state index in [1.165, 1.54) is 28.0 Å². The fraction of sp³-hybridized carbons (Fsp3) is 0.111. The summed E-state index contributed by atoms with van der Waals surface area (Å²) in [4.78, 5) is 2.46. The van der Waals surface area contributed by atoms with Crippen LogP contribution in [0, 0.1) is 5.92 Å². The van der Waals surface area contributed by atoms with Gasteiger partial charge in [-0.25, -0.2) is 0 Å². The van der Waals surface area contributed by atoms with E-state index in [4.69, 9.17) is 4.42 Å². The Morgan fingerprint density at radius 3 is 1.98 bits per heavy atom. The number of furan rings is 1. The van der Waals surface area contributed by atoms with Crippen LogP contribution in [-0.2, 0) is 5.41 Å². The molecule has 2 aliphatic rings. The lowest BCUT2D eigenvalue weighted by Gasteiger charge is -2.37. The molecule has 0 aliphatic heterocycles. The van der Waals surface area contributed by atoms with E-state index in [1.54, 1.807) is 0 Å². The number of para-hydroxylation sites is 2. The van der Waals surface area contributed by atoms with Crippen LogP contribution in [0.4, 0.5) is 11.4 Å². The normalized spacial score (nSPS) is 17.8. The fourth-order valence-electron chi connectivity index (χ4n) is 8.12. The van der Waals surface area contributed by atoms with Crippen molar-refractivity contribution in [1.82, 2.24) is 0 Å². The topological polar surface area (TPSA) is 16.4 Å². The lowest BCUT2D eigenvalue weighted by Crippen LogP contribution is -2.30. The zero-order valence-corrected chi connectivity index (χ0v) is 26.6. The molecular weight excluding hydrogens is 571 g/mol. The Bertz CT molecular complexity index is 2320. The summed E-state index contributed by atoms with van der Waals surface area (Å²) < 4.78 is 6.99. The summed E-state index contributed by atoms with van der Waals surface area (Å²) in [6.07, 6.45) is 7.00. The summed E-state index contributed by atoms with van der Waals surface area (Å²) in [6, 6.07) is 52.3. The van der Waals surface area contributed by atoms with Gasteiger partial charge in [-0.2, -0.15) is 0 Å². The molecule has 2 unspecified atom stereocenters. The van der Waals surface area contributed by atoms with Gasteiger partial charge < -0.3 is 9.32 Å². The molecule has 0 radical (unpaired) electrons. The molecule has 2 heteroatoms. The van der Waals surface area contributed by atoms with Gasteiger partial charge >= 0.3 is 0 Å². The summed E-state index contributed by atoms with van der Waals surface area (Å²) in [5, 5.41) is 2.25. The van der Waals surface area contributed by atoms with Crippen molar-refractivity contribution in [1.29, 1.82) is 0 Å². The predicted octanol–water partition coefficient (Wildman–Crippen LogP) is 12.2. The Morgan fingerprint density at radius 1 is 0.574 bits per heavy atom. The zero-order valence-electron chi connectivity index (χ0n) is 26.6. The maximum absolute atomic E-state index is 6.99. The van der Waals surface area contributed by atoms with Crippen molar-refractivity contribution in [3.63, 3.8) is 0 Å². The quantitative estimate of drug-likeness (QED) is 0.194. The lowest BCUT2D eigenvalue weighted by atomic mass is 9.73. The van der Waals surface area contributed by atoms with Gasteiger partial charge in [0.25, 0.3) is 0 Å². The summed E-state index contributed by atoms with van der Waals surface area (Å²) >= 11 is 0. The number of benzene rings is 6. The van der Waals surface area contributed by atoms with Crippen LogP contribution in [-0.4, -0.2) is 0 Å². The molecule has 6 aromatic carbocycles. The minimum atomic E-state index is 0.00998. The highest BCUT2D eigenvalue weighted by Crippen LogP contribution is 2.57. The molecule has 0 saturated heterocycles. The number of nitrogens with zero attached hydrogens (tertiary/aromatic N) is 1. The van der Waals surface area contributed by atoms with Crippen LogP contribution in [0.1, 0.15) is 30.9 Å². The van der Waals surface area contributed by atoms with E-state index in [1.807, 2.05) is 0 Å². The first-order valence-electron chi connectivity index (χ1n) is 16.5. The molecule has 9 rings (SSSR count). The average molecular weight is 606 g/mol. The van der Waals surface area contributed by atoms with Crippen LogP contribution in [0.15, 0.2) is 174 Å². The summed E-state index contributed by atoms with van der Waals surface area (Å²) in [5.74, 6) is 0.546. The number of anilines is 2. The molecule has 0 N–H and O–H groups in total. The first-order valence-corrected chi connectivity index (χ1v) is 16.5. The van der Waals surface area contributed by atoms with Gasteiger partial charge in [0.15, 0.2) is 5.58 Å². The summed E-state index contributed by atoms with van der Waals surface area (Å²) in [7, 11) is 0. The Balaban J connectivity index is 1.28. The molecule has 47 heavy (non-hydrogen) atoms. The Hall–Kier alpha value is -5.60. The van der Waals surface area contributed by atoms with Crippen molar-refractivity contribution in [3.05, 3.63) is 181 Å². The molecule has 226 valence electrons. The van der Waals surface area contributed by atoms with Gasteiger partial charge in [-0.05, 0) is 63.4 Å². The highest BCUT2D eigenvalue weighted by molar-refractivity contribution is 6.13. The fourth-order valence-corrected chi connectivity index (χ4v) is 8.12. The number of hydrogen-bond donors (Lipinski definition) is 0. The molecule has 2 aliphatic carbocycles. The van der Waals surface area contributed by atoms with E-state index in [9.17, 15) is 0 Å². The maximum atomic E-state index is 6.99. The van der Waals surface area contributed by atoms with Gasteiger partial charge in [0.2, 0.25) is 0 Å². The summed E-state index contributed by atoms with van der Waals surface area (Å²) in [6.45, 7) is 4.79. The number of rotatable bonds is 5. The largest absolute Gasteiger partial charge is 0.453 e. The SMILES string of the molecule is CC1(C)c2ccccc2C2C(N(c3ccc(-c4ccccc4)cc3)c3cccc4c3oc3c(-c5ccccc5)cccc34)=CC=CC21. The molecule has 0 fully saturated rings. The van der Waals surface area contributed by atoms with Gasteiger partial charge in [0.05, 0.1) is 5.69 Å². The number of allylic oxidation sites excluding steroid dienone is 4. The highest BCUT2D eigenvalue weighted by atomic mass is 16.3. The average Bonchev–Trinajstić information content (AvgIpc) is 3.63. The van der Waals surface area contributed by atoms with Gasteiger partial charge in [0.1, 0.15) is 5.58 Å². The van der Waals surface area contributed by atoms with E-state index in [2.05, 4.69) is 183 Å². The van der Waals surface area contributed by atoms with E-state index in [0.29, 0.717) is 5.92 Å². The molecule has 0 amide bonds. The van der Waals surface area contributed by atoms with E-state index < -0.39 is 0 Å². The standard InChI is InChI=1S/C45H35NO/c1-45(2)38-22-10-9-18-37(38)42-39(45)23-13-24-40(42)46(33-28-26-31(27-29-33)30-14-5-3-6-15-30)41-25-12-21-36-35-20-11-19-34(43(35)47-44(36)41)32-16-7-4-8-17-32/h3-29,39,42H,1-2H3. The second kappa shape index (κ2) is 10.7. The van der Waals surface area contributed by atoms with Crippen molar-refractivity contribution < 1.29 is 4.42 Å². The summed E-state index contributed by atoms with van der Waals surface area (Å²) in [5.41, 5.74) is 12.8. The second-order valence-corrected chi connectivity index (χ2v) is 13.3. The van der Waals surface area contributed by atoms with Gasteiger partial charge in [-0.1, -0.05) is 153 Å². The third-order valence-corrected chi connectivity index (χ3v) is 10.4. The molecule has 1 aromatic heterocycles. The van der Waals surface area contributed by atoms with Crippen molar-refractivity contribution in [3.8, 4) is 22.3 Å². The number of hydrogen-bond acceptors (Lipinski definition) is 2. The third-order valence-electron chi connectivity index (χ3n) is 10.4. The highest BCUT2D eigenvalue weighted by Gasteiger charge is 2.48. The first kappa shape index (κ1) is 27.7. The van der Waals surface area contributed by atoms with Crippen LogP contribution in [0.2, 0.25) is 0 Å². The molecule has 1 heterocycles. The maximum Gasteiger partial charge on any atom is 0.159 e. The predicted molar refractivity (Wildman–Crippen MR) is 196 cm³/mol. The second-order valence-electron chi connectivity index (χ2n) is 13.3. The molecule has 2 atom stereocenters. The van der Waals surface area contributed by atoms with Crippen LogP contribution in [0.5, 0.6) is 0 Å². The van der Waals surface area contributed by atoms with Crippen molar-refractivity contribution in [2.24, 2.45) is 5.92 Å². The minimum absolute atomic E-state index is 0.00998. The Kier molecular flexibility index (Phi) is 6.33. The Labute approximate surface area is 275 Å².